The van der Waals surface area contributed by atoms with Crippen molar-refractivity contribution in [2.45, 2.75) is 37.8 Å². The first kappa shape index (κ1) is 12.1. The Kier molecular flexibility index (Phi) is 5.25. The maximum absolute atomic E-state index is 5.57. The molecule has 4 N–H and O–H groups in total. The second kappa shape index (κ2) is 6.50. The molecule has 0 saturated heterocycles. The zero-order valence-electron chi connectivity index (χ0n) is 9.07. The summed E-state index contributed by atoms with van der Waals surface area (Å²) < 4.78 is 0. The van der Waals surface area contributed by atoms with Crippen LogP contribution in [0.25, 0.3) is 0 Å². The van der Waals surface area contributed by atoms with Gasteiger partial charge in [-0.25, -0.2) is 9.97 Å². The summed E-state index contributed by atoms with van der Waals surface area (Å²) in [4.78, 5) is 8.20. The molecule has 0 bridgehead atoms. The fourth-order valence-corrected chi connectivity index (χ4v) is 2.09. The number of anilines is 2. The van der Waals surface area contributed by atoms with Crippen molar-refractivity contribution in [1.29, 1.82) is 0 Å². The van der Waals surface area contributed by atoms with Crippen LogP contribution in [-0.2, 0) is 0 Å². The van der Waals surface area contributed by atoms with Gasteiger partial charge in [-0.1, -0.05) is 37.9 Å². The number of thioether (sulfide) groups is 1. The van der Waals surface area contributed by atoms with Crippen molar-refractivity contribution in [2.24, 2.45) is 0 Å². The molecule has 1 heterocycles. The van der Waals surface area contributed by atoms with Crippen LogP contribution in [0.3, 0.4) is 0 Å². The number of unbranched alkanes of at least 4 members (excludes halogenated alkanes) is 3. The third-order valence-electron chi connectivity index (χ3n) is 1.97. The average molecular weight is 226 g/mol. The van der Waals surface area contributed by atoms with Crippen LogP contribution in [0.1, 0.15) is 32.6 Å². The van der Waals surface area contributed by atoms with Crippen LogP contribution in [0.5, 0.6) is 0 Å². The van der Waals surface area contributed by atoms with Crippen molar-refractivity contribution in [3.05, 3.63) is 6.07 Å². The number of nitrogens with two attached hydrogens (primary N) is 2. The summed E-state index contributed by atoms with van der Waals surface area (Å²) >= 11 is 1.62. The predicted molar refractivity (Wildman–Crippen MR) is 65.7 cm³/mol. The highest BCUT2D eigenvalue weighted by Gasteiger charge is 2.00. The second-order valence-electron chi connectivity index (χ2n) is 3.41. The molecule has 0 aliphatic carbocycles. The Morgan fingerprint density at radius 3 is 2.40 bits per heavy atom. The van der Waals surface area contributed by atoms with E-state index >= 15 is 0 Å². The molecule has 0 aliphatic rings. The molecule has 0 radical (unpaired) electrons. The second-order valence-corrected chi connectivity index (χ2v) is 4.47. The molecule has 1 aromatic rings. The van der Waals surface area contributed by atoms with Crippen molar-refractivity contribution in [1.82, 2.24) is 9.97 Å². The van der Waals surface area contributed by atoms with Gasteiger partial charge in [0, 0.05) is 11.8 Å². The molecule has 0 amide bonds. The molecule has 0 aliphatic heterocycles. The third kappa shape index (κ3) is 4.88. The molecule has 1 aromatic heterocycles. The lowest BCUT2D eigenvalue weighted by Gasteiger charge is -2.02. The van der Waals surface area contributed by atoms with E-state index in [1.54, 1.807) is 17.8 Å². The van der Waals surface area contributed by atoms with Gasteiger partial charge in [0.1, 0.15) is 11.6 Å². The van der Waals surface area contributed by atoms with Gasteiger partial charge in [-0.2, -0.15) is 0 Å². The molecule has 0 fully saturated rings. The number of hydrogen-bond donors (Lipinski definition) is 2. The quantitative estimate of drug-likeness (QED) is 0.442. The maximum atomic E-state index is 5.57. The number of hydrogen-bond acceptors (Lipinski definition) is 5. The van der Waals surface area contributed by atoms with Crippen molar-refractivity contribution >= 4 is 23.4 Å². The monoisotopic (exact) mass is 226 g/mol. The Labute approximate surface area is 94.9 Å². The van der Waals surface area contributed by atoms with Gasteiger partial charge in [0.2, 0.25) is 0 Å². The van der Waals surface area contributed by atoms with Crippen LogP contribution in [0.2, 0.25) is 0 Å². The van der Waals surface area contributed by atoms with E-state index in [4.69, 9.17) is 11.5 Å². The minimum absolute atomic E-state index is 0.443. The summed E-state index contributed by atoms with van der Waals surface area (Å²) in [5.74, 6) is 1.92. The molecule has 5 heteroatoms. The smallest absolute Gasteiger partial charge is 0.191 e. The van der Waals surface area contributed by atoms with Gasteiger partial charge in [0.25, 0.3) is 0 Å². The zero-order chi connectivity index (χ0) is 11.1. The maximum Gasteiger partial charge on any atom is 0.191 e. The van der Waals surface area contributed by atoms with E-state index in [1.165, 1.54) is 25.7 Å². The average Bonchev–Trinajstić information content (AvgIpc) is 2.16. The molecule has 0 spiro atoms. The van der Waals surface area contributed by atoms with Gasteiger partial charge in [-0.3, -0.25) is 0 Å². The number of nitrogens with zero attached hydrogens (tertiary/aromatic N) is 2. The topological polar surface area (TPSA) is 77.8 Å². The van der Waals surface area contributed by atoms with E-state index in [-0.39, 0.29) is 0 Å². The highest BCUT2D eigenvalue weighted by molar-refractivity contribution is 7.99. The minimum Gasteiger partial charge on any atom is -0.383 e. The summed E-state index contributed by atoms with van der Waals surface area (Å²) in [7, 11) is 0. The van der Waals surface area contributed by atoms with Gasteiger partial charge >= 0.3 is 0 Å². The summed E-state index contributed by atoms with van der Waals surface area (Å²) in [5, 5.41) is 0.684. The third-order valence-corrected chi connectivity index (χ3v) is 2.91. The molecule has 15 heavy (non-hydrogen) atoms. The van der Waals surface area contributed by atoms with Crippen molar-refractivity contribution in [3.63, 3.8) is 0 Å². The van der Waals surface area contributed by atoms with Crippen LogP contribution < -0.4 is 11.5 Å². The normalized spacial score (nSPS) is 10.5. The number of rotatable bonds is 6. The van der Waals surface area contributed by atoms with E-state index in [0.717, 1.165) is 5.75 Å². The SMILES string of the molecule is CCCCCCSc1nc(N)cc(N)n1. The standard InChI is InChI=1S/C10H18N4S/c1-2-3-4-5-6-15-10-13-8(11)7-9(12)14-10/h7H,2-6H2,1H3,(H4,11,12,13,14). The first-order valence-corrected chi connectivity index (χ1v) is 6.23. The molecule has 84 valence electrons. The van der Waals surface area contributed by atoms with Crippen molar-refractivity contribution in [3.8, 4) is 0 Å². The first-order valence-electron chi connectivity index (χ1n) is 5.25. The Bertz CT molecular complexity index is 283. The lowest BCUT2D eigenvalue weighted by molar-refractivity contribution is 0.706. The summed E-state index contributed by atoms with van der Waals surface area (Å²) in [6.07, 6.45) is 5.00. The van der Waals surface area contributed by atoms with Crippen LogP contribution in [0.15, 0.2) is 11.2 Å². The van der Waals surface area contributed by atoms with E-state index in [2.05, 4.69) is 16.9 Å². The predicted octanol–water partition coefficient (Wildman–Crippen LogP) is 2.31. The van der Waals surface area contributed by atoms with Crippen LogP contribution in [-0.4, -0.2) is 15.7 Å². The fraction of sp³-hybridized carbons (Fsp3) is 0.600. The van der Waals surface area contributed by atoms with E-state index < -0.39 is 0 Å². The highest BCUT2D eigenvalue weighted by atomic mass is 32.2. The van der Waals surface area contributed by atoms with Gasteiger partial charge in [0.05, 0.1) is 0 Å². The fourth-order valence-electron chi connectivity index (χ4n) is 1.22. The first-order chi connectivity index (χ1) is 7.22. The molecule has 0 atom stereocenters. The van der Waals surface area contributed by atoms with Gasteiger partial charge < -0.3 is 11.5 Å². The summed E-state index contributed by atoms with van der Waals surface area (Å²) in [6.45, 7) is 2.20. The molecule has 0 unspecified atom stereocenters. The Morgan fingerprint density at radius 1 is 1.13 bits per heavy atom. The van der Waals surface area contributed by atoms with Gasteiger partial charge in [0.15, 0.2) is 5.16 Å². The molecular weight excluding hydrogens is 208 g/mol. The largest absolute Gasteiger partial charge is 0.383 e. The zero-order valence-corrected chi connectivity index (χ0v) is 9.89. The van der Waals surface area contributed by atoms with Gasteiger partial charge in [-0.15, -0.1) is 0 Å². The van der Waals surface area contributed by atoms with Crippen LogP contribution in [0.4, 0.5) is 11.6 Å². The molecule has 1 rings (SSSR count). The Balaban J connectivity index is 2.31. The highest BCUT2D eigenvalue weighted by Crippen LogP contribution is 2.18. The Morgan fingerprint density at radius 2 is 1.80 bits per heavy atom. The lowest BCUT2D eigenvalue weighted by atomic mass is 10.2. The van der Waals surface area contributed by atoms with E-state index in [9.17, 15) is 0 Å². The van der Waals surface area contributed by atoms with E-state index in [1.807, 2.05) is 0 Å². The van der Waals surface area contributed by atoms with Gasteiger partial charge in [-0.05, 0) is 6.42 Å². The number of aromatic nitrogens is 2. The summed E-state index contributed by atoms with van der Waals surface area (Å²) in [6, 6.07) is 1.57. The van der Waals surface area contributed by atoms with Crippen molar-refractivity contribution in [2.75, 3.05) is 17.2 Å². The van der Waals surface area contributed by atoms with E-state index in [0.29, 0.717) is 16.8 Å². The molecular formula is C10H18N4S. The number of nitrogen functional groups attached to an aromatic ring is 2. The molecule has 0 aromatic carbocycles. The molecule has 4 nitrogen and oxygen atoms in total. The lowest BCUT2D eigenvalue weighted by Crippen LogP contribution is -1.99. The molecule has 0 saturated carbocycles. The van der Waals surface area contributed by atoms with Crippen LogP contribution >= 0.6 is 11.8 Å². The minimum atomic E-state index is 0.443. The Hall–Kier alpha value is -0.970. The van der Waals surface area contributed by atoms with Crippen LogP contribution in [0, 0.1) is 0 Å². The van der Waals surface area contributed by atoms with Crippen molar-refractivity contribution < 1.29 is 0 Å². The summed E-state index contributed by atoms with van der Waals surface area (Å²) in [5.41, 5.74) is 11.1.